The lowest BCUT2D eigenvalue weighted by Crippen LogP contribution is -2.07. The predicted octanol–water partition coefficient (Wildman–Crippen LogP) is 1.70. The van der Waals surface area contributed by atoms with Crippen LogP contribution in [0.3, 0.4) is 0 Å². The quantitative estimate of drug-likeness (QED) is 0.783. The lowest BCUT2D eigenvalue weighted by atomic mass is 10.2. The second-order valence-corrected chi connectivity index (χ2v) is 4.10. The fourth-order valence-corrected chi connectivity index (χ4v) is 2.10. The van der Waals surface area contributed by atoms with Gasteiger partial charge in [0.2, 0.25) is 0 Å². The first kappa shape index (κ1) is 9.79. The van der Waals surface area contributed by atoms with Crippen molar-refractivity contribution in [2.45, 2.75) is 6.92 Å². The molecule has 0 aliphatic rings. The molecule has 0 fully saturated rings. The number of thiophene rings is 1. The van der Waals surface area contributed by atoms with Crippen molar-refractivity contribution in [2.24, 2.45) is 0 Å². The van der Waals surface area contributed by atoms with Crippen LogP contribution in [-0.2, 0) is 0 Å². The summed E-state index contributed by atoms with van der Waals surface area (Å²) in [5, 5.41) is 0. The predicted molar refractivity (Wildman–Crippen MR) is 58.2 cm³/mol. The van der Waals surface area contributed by atoms with Gasteiger partial charge in [-0.2, -0.15) is 0 Å². The summed E-state index contributed by atoms with van der Waals surface area (Å²) < 4.78 is 0. The van der Waals surface area contributed by atoms with E-state index in [2.05, 4.69) is 9.97 Å². The molecule has 76 valence electrons. The minimum absolute atomic E-state index is 0.00608. The number of carbonyl (C=O) groups is 1. The molecule has 15 heavy (non-hydrogen) atoms. The molecule has 0 radical (unpaired) electrons. The van der Waals surface area contributed by atoms with E-state index in [1.54, 1.807) is 12.1 Å². The number of Topliss-reactive ketones (excluding diaryl/α,β-unsaturated/α-hetero) is 1. The monoisotopic (exact) mass is 220 g/mol. The molecule has 0 aliphatic heterocycles. The summed E-state index contributed by atoms with van der Waals surface area (Å²) in [5.41, 5.74) is 0.303. The van der Waals surface area contributed by atoms with Crippen molar-refractivity contribution in [3.05, 3.63) is 39.9 Å². The molecule has 2 aromatic rings. The Morgan fingerprint density at radius 2 is 2.27 bits per heavy atom. The molecular formula is C10H8N2O2S. The number of aromatic amines is 1. The third-order valence-corrected chi connectivity index (χ3v) is 3.16. The maximum Gasteiger partial charge on any atom is 0.259 e. The van der Waals surface area contributed by atoms with Crippen molar-refractivity contribution < 1.29 is 4.79 Å². The molecular weight excluding hydrogens is 212 g/mol. The van der Waals surface area contributed by atoms with E-state index in [4.69, 9.17) is 0 Å². The normalized spacial score (nSPS) is 10.2. The Hall–Kier alpha value is -1.75. The summed E-state index contributed by atoms with van der Waals surface area (Å²) in [6.07, 6.45) is 2.83. The Morgan fingerprint density at radius 3 is 2.87 bits per heavy atom. The van der Waals surface area contributed by atoms with Gasteiger partial charge in [-0.3, -0.25) is 9.59 Å². The van der Waals surface area contributed by atoms with Gasteiger partial charge >= 0.3 is 0 Å². The maximum absolute atomic E-state index is 11.4. The van der Waals surface area contributed by atoms with Crippen LogP contribution in [0.2, 0.25) is 0 Å². The molecule has 0 saturated heterocycles. The Labute approximate surface area is 89.6 Å². The molecule has 5 heteroatoms. The van der Waals surface area contributed by atoms with Crippen molar-refractivity contribution in [1.29, 1.82) is 0 Å². The van der Waals surface area contributed by atoms with Gasteiger partial charge in [0, 0.05) is 11.1 Å². The number of carbonyl (C=O) groups excluding carboxylic acids is 1. The molecule has 2 aromatic heterocycles. The van der Waals surface area contributed by atoms with Crippen LogP contribution in [0.25, 0.3) is 10.4 Å². The molecule has 0 unspecified atom stereocenters. The fourth-order valence-electron chi connectivity index (χ4n) is 1.19. The standard InChI is InChI=1S/C10H8N2O2S/c1-6(13)8-2-3-9(15-8)7-4-11-5-12-10(7)14/h2-5H,1H3,(H,11,12,14). The van der Waals surface area contributed by atoms with Crippen LogP contribution in [0.15, 0.2) is 29.5 Å². The van der Waals surface area contributed by atoms with E-state index in [0.29, 0.717) is 10.4 Å². The SMILES string of the molecule is CC(=O)c1ccc(-c2cnc[nH]c2=O)s1. The first-order valence-corrected chi connectivity index (χ1v) is 5.14. The lowest BCUT2D eigenvalue weighted by molar-refractivity contribution is 0.102. The number of nitrogens with zero attached hydrogens (tertiary/aromatic N) is 1. The maximum atomic E-state index is 11.4. The highest BCUT2D eigenvalue weighted by molar-refractivity contribution is 7.17. The molecule has 0 bridgehead atoms. The van der Waals surface area contributed by atoms with E-state index in [-0.39, 0.29) is 11.3 Å². The molecule has 0 spiro atoms. The summed E-state index contributed by atoms with van der Waals surface area (Å²) in [7, 11) is 0. The van der Waals surface area contributed by atoms with E-state index in [1.807, 2.05) is 0 Å². The minimum Gasteiger partial charge on any atom is -0.313 e. The van der Waals surface area contributed by atoms with Crippen molar-refractivity contribution in [3.63, 3.8) is 0 Å². The number of aromatic nitrogens is 2. The molecule has 2 heterocycles. The molecule has 0 saturated carbocycles. The lowest BCUT2D eigenvalue weighted by Gasteiger charge is -1.92. The highest BCUT2D eigenvalue weighted by atomic mass is 32.1. The topological polar surface area (TPSA) is 62.8 Å². The van der Waals surface area contributed by atoms with Gasteiger partial charge in [-0.1, -0.05) is 0 Å². The first-order valence-electron chi connectivity index (χ1n) is 4.32. The van der Waals surface area contributed by atoms with Crippen molar-refractivity contribution in [2.75, 3.05) is 0 Å². The largest absolute Gasteiger partial charge is 0.313 e. The van der Waals surface area contributed by atoms with Gasteiger partial charge in [-0.25, -0.2) is 4.98 Å². The number of hydrogen-bond donors (Lipinski definition) is 1. The van der Waals surface area contributed by atoms with Gasteiger partial charge in [0.05, 0.1) is 16.8 Å². The molecule has 0 aromatic carbocycles. The molecule has 4 nitrogen and oxygen atoms in total. The number of H-pyrrole nitrogens is 1. The van der Waals surface area contributed by atoms with E-state index in [0.717, 1.165) is 4.88 Å². The van der Waals surface area contributed by atoms with Crippen LogP contribution >= 0.6 is 11.3 Å². The van der Waals surface area contributed by atoms with Gasteiger partial charge in [0.15, 0.2) is 5.78 Å². The van der Waals surface area contributed by atoms with E-state index >= 15 is 0 Å². The average molecular weight is 220 g/mol. The van der Waals surface area contributed by atoms with Gasteiger partial charge in [0.1, 0.15) is 0 Å². The molecule has 1 N–H and O–H groups in total. The number of hydrogen-bond acceptors (Lipinski definition) is 4. The highest BCUT2D eigenvalue weighted by Crippen LogP contribution is 2.25. The van der Waals surface area contributed by atoms with Crippen LogP contribution in [0, 0.1) is 0 Å². The fraction of sp³-hybridized carbons (Fsp3) is 0.100. The van der Waals surface area contributed by atoms with Crippen LogP contribution in [-0.4, -0.2) is 15.8 Å². The highest BCUT2D eigenvalue weighted by Gasteiger charge is 2.08. The smallest absolute Gasteiger partial charge is 0.259 e. The molecule has 0 aliphatic carbocycles. The van der Waals surface area contributed by atoms with Crippen LogP contribution in [0.4, 0.5) is 0 Å². The Balaban J connectivity index is 2.51. The summed E-state index contributed by atoms with van der Waals surface area (Å²) in [5.74, 6) is 0.00608. The Morgan fingerprint density at radius 1 is 1.47 bits per heavy atom. The zero-order valence-corrected chi connectivity index (χ0v) is 8.80. The number of ketones is 1. The van der Waals surface area contributed by atoms with E-state index in [9.17, 15) is 9.59 Å². The van der Waals surface area contributed by atoms with E-state index < -0.39 is 0 Å². The minimum atomic E-state index is -0.193. The van der Waals surface area contributed by atoms with Crippen LogP contribution in [0.5, 0.6) is 0 Å². The molecule has 2 rings (SSSR count). The Kier molecular flexibility index (Phi) is 2.47. The zero-order chi connectivity index (χ0) is 10.8. The van der Waals surface area contributed by atoms with Gasteiger partial charge in [-0.05, 0) is 19.1 Å². The van der Waals surface area contributed by atoms with Crippen LogP contribution < -0.4 is 5.56 Å². The first-order chi connectivity index (χ1) is 7.18. The summed E-state index contributed by atoms with van der Waals surface area (Å²) in [6, 6.07) is 3.47. The second kappa shape index (κ2) is 3.78. The zero-order valence-electron chi connectivity index (χ0n) is 7.98. The molecule has 0 amide bonds. The summed E-state index contributed by atoms with van der Waals surface area (Å²) in [6.45, 7) is 1.50. The van der Waals surface area contributed by atoms with Crippen LogP contribution in [0.1, 0.15) is 16.6 Å². The van der Waals surface area contributed by atoms with Gasteiger partial charge in [-0.15, -0.1) is 11.3 Å². The second-order valence-electron chi connectivity index (χ2n) is 3.01. The number of rotatable bonds is 2. The Bertz CT molecular complexity index is 556. The van der Waals surface area contributed by atoms with Crippen molar-refractivity contribution in [3.8, 4) is 10.4 Å². The summed E-state index contributed by atoms with van der Waals surface area (Å²) in [4.78, 5) is 30.2. The number of nitrogens with one attached hydrogen (secondary N) is 1. The van der Waals surface area contributed by atoms with Gasteiger partial charge < -0.3 is 4.98 Å². The average Bonchev–Trinajstić information content (AvgIpc) is 2.67. The van der Waals surface area contributed by atoms with Crippen molar-refractivity contribution >= 4 is 17.1 Å². The van der Waals surface area contributed by atoms with Gasteiger partial charge in [0.25, 0.3) is 5.56 Å². The molecule has 0 atom stereocenters. The summed E-state index contributed by atoms with van der Waals surface area (Å²) >= 11 is 1.30. The third-order valence-electron chi connectivity index (χ3n) is 1.94. The van der Waals surface area contributed by atoms with Crippen molar-refractivity contribution in [1.82, 2.24) is 9.97 Å². The van der Waals surface area contributed by atoms with E-state index in [1.165, 1.54) is 30.8 Å². The third kappa shape index (κ3) is 1.87.